The maximum absolute atomic E-state index is 13.0. The molecule has 2 aromatic rings. The predicted octanol–water partition coefficient (Wildman–Crippen LogP) is 4.06. The van der Waals surface area contributed by atoms with Crippen molar-refractivity contribution in [1.82, 2.24) is 0 Å². The van der Waals surface area contributed by atoms with E-state index in [9.17, 15) is 9.59 Å². The van der Waals surface area contributed by atoms with E-state index in [-0.39, 0.29) is 11.8 Å². The Labute approximate surface area is 160 Å². The average molecular weight is 366 g/mol. The van der Waals surface area contributed by atoms with Crippen LogP contribution in [0.5, 0.6) is 5.75 Å². The first-order chi connectivity index (χ1) is 12.7. The van der Waals surface area contributed by atoms with Gasteiger partial charge < -0.3 is 10.1 Å². The molecule has 5 nitrogen and oxygen atoms in total. The fraction of sp³-hybridized carbons (Fsp3) is 0.364. The number of nitrogens with zero attached hydrogens (tertiary/aromatic N) is 1. The first-order valence-electron chi connectivity index (χ1n) is 9.18. The summed E-state index contributed by atoms with van der Waals surface area (Å²) in [7, 11) is 0. The molecule has 1 aliphatic rings. The zero-order valence-electron chi connectivity index (χ0n) is 16.7. The lowest BCUT2D eigenvalue weighted by atomic mass is 10.0. The summed E-state index contributed by atoms with van der Waals surface area (Å²) in [6, 6.07) is 9.07. The number of carbonyl (C=O) groups excluding carboxylic acids is 2. The molecular formula is C22H26N2O3. The monoisotopic (exact) mass is 366 g/mol. The molecule has 0 aliphatic carbocycles. The summed E-state index contributed by atoms with van der Waals surface area (Å²) < 4.78 is 5.71. The Kier molecular flexibility index (Phi) is 4.96. The molecule has 1 aliphatic heterocycles. The molecular weight excluding hydrogens is 340 g/mol. The summed E-state index contributed by atoms with van der Waals surface area (Å²) in [6.07, 6.45) is -0.627. The Morgan fingerprint density at radius 1 is 1.07 bits per heavy atom. The number of ether oxygens (including phenoxy) is 1. The van der Waals surface area contributed by atoms with E-state index in [0.717, 1.165) is 27.9 Å². The summed E-state index contributed by atoms with van der Waals surface area (Å²) in [5.74, 6) is 0.183. The third-order valence-corrected chi connectivity index (χ3v) is 4.95. The third kappa shape index (κ3) is 3.54. The van der Waals surface area contributed by atoms with Crippen LogP contribution in [0.4, 0.5) is 11.4 Å². The van der Waals surface area contributed by atoms with Crippen molar-refractivity contribution in [2.75, 3.05) is 10.2 Å². The normalized spacial score (nSPS) is 17.2. The summed E-state index contributed by atoms with van der Waals surface area (Å²) in [5, 5.41) is 3.01. The Bertz CT molecular complexity index is 897. The van der Waals surface area contributed by atoms with Gasteiger partial charge in [-0.25, -0.2) is 0 Å². The van der Waals surface area contributed by atoms with Gasteiger partial charge in [0, 0.05) is 5.69 Å². The Morgan fingerprint density at radius 2 is 1.70 bits per heavy atom. The lowest BCUT2D eigenvalue weighted by Crippen LogP contribution is -2.52. The number of amides is 2. The lowest BCUT2D eigenvalue weighted by Gasteiger charge is -2.36. The second-order valence-electron chi connectivity index (χ2n) is 7.38. The van der Waals surface area contributed by atoms with Crippen LogP contribution >= 0.6 is 0 Å². The molecule has 1 heterocycles. The van der Waals surface area contributed by atoms with E-state index < -0.39 is 12.1 Å². The number of fused-ring (bicyclic) bond motifs is 1. The molecule has 3 rings (SSSR count). The van der Waals surface area contributed by atoms with Gasteiger partial charge in [-0.15, -0.1) is 0 Å². The zero-order valence-corrected chi connectivity index (χ0v) is 16.7. The Morgan fingerprint density at radius 3 is 2.33 bits per heavy atom. The molecule has 2 unspecified atom stereocenters. The van der Waals surface area contributed by atoms with Crippen LogP contribution in [-0.4, -0.2) is 24.0 Å². The molecule has 1 N–H and O–H groups in total. The minimum atomic E-state index is -0.662. The van der Waals surface area contributed by atoms with Gasteiger partial charge in [0.15, 0.2) is 6.10 Å². The highest BCUT2D eigenvalue weighted by molar-refractivity contribution is 6.08. The quantitative estimate of drug-likeness (QED) is 0.891. The Balaban J connectivity index is 1.93. The number of nitrogens with one attached hydrogen (secondary N) is 1. The van der Waals surface area contributed by atoms with Crippen molar-refractivity contribution in [2.24, 2.45) is 0 Å². The molecule has 0 saturated heterocycles. The minimum absolute atomic E-state index is 0.215. The van der Waals surface area contributed by atoms with E-state index in [1.54, 1.807) is 18.7 Å². The fourth-order valence-corrected chi connectivity index (χ4v) is 3.59. The molecule has 0 aromatic heterocycles. The molecule has 142 valence electrons. The molecule has 27 heavy (non-hydrogen) atoms. The maximum Gasteiger partial charge on any atom is 0.268 e. The van der Waals surface area contributed by atoms with E-state index in [2.05, 4.69) is 5.32 Å². The Hall–Kier alpha value is -2.82. The molecule has 2 atom stereocenters. The smallest absolute Gasteiger partial charge is 0.268 e. The molecule has 0 radical (unpaired) electrons. The van der Waals surface area contributed by atoms with Crippen molar-refractivity contribution >= 4 is 23.2 Å². The largest absolute Gasteiger partial charge is 0.479 e. The van der Waals surface area contributed by atoms with Crippen LogP contribution in [-0.2, 0) is 9.59 Å². The number of hydrogen-bond acceptors (Lipinski definition) is 3. The summed E-state index contributed by atoms with van der Waals surface area (Å²) >= 11 is 0. The van der Waals surface area contributed by atoms with Gasteiger partial charge in [-0.3, -0.25) is 14.5 Å². The molecule has 2 amide bonds. The summed E-state index contributed by atoms with van der Waals surface area (Å²) in [6.45, 7) is 11.4. The van der Waals surface area contributed by atoms with Gasteiger partial charge in [0.1, 0.15) is 11.8 Å². The van der Waals surface area contributed by atoms with Crippen molar-refractivity contribution in [2.45, 2.75) is 53.7 Å². The standard InChI is InChI=1S/C22H26N2O3/c1-12-7-8-19-18(11-12)24(22(26)17(6)27-19)16(5)21(25)23-20-14(3)9-13(2)10-15(20)4/h7-11,16-17H,1-6H3,(H,23,25). The van der Waals surface area contributed by atoms with Crippen molar-refractivity contribution in [3.05, 3.63) is 52.6 Å². The number of rotatable bonds is 3. The fourth-order valence-electron chi connectivity index (χ4n) is 3.59. The third-order valence-electron chi connectivity index (χ3n) is 4.95. The van der Waals surface area contributed by atoms with Crippen molar-refractivity contribution in [1.29, 1.82) is 0 Å². The van der Waals surface area contributed by atoms with Crippen LogP contribution in [0.2, 0.25) is 0 Å². The van der Waals surface area contributed by atoms with Crippen molar-refractivity contribution in [3.8, 4) is 5.75 Å². The van der Waals surface area contributed by atoms with Crippen LogP contribution in [0.15, 0.2) is 30.3 Å². The van der Waals surface area contributed by atoms with E-state index in [4.69, 9.17) is 4.74 Å². The van der Waals surface area contributed by atoms with Gasteiger partial charge in [-0.2, -0.15) is 0 Å². The SMILES string of the molecule is Cc1cc(C)c(NC(=O)C(C)N2C(=O)C(C)Oc3ccc(C)cc32)c(C)c1. The summed E-state index contributed by atoms with van der Waals surface area (Å²) in [5.41, 5.74) is 5.60. The van der Waals surface area contributed by atoms with Crippen LogP contribution in [0.3, 0.4) is 0 Å². The first kappa shape index (κ1) is 19.0. The average Bonchev–Trinajstić information content (AvgIpc) is 2.59. The number of hydrogen-bond donors (Lipinski definition) is 1. The zero-order chi connectivity index (χ0) is 19.9. The van der Waals surface area contributed by atoms with Crippen LogP contribution in [0.1, 0.15) is 36.1 Å². The molecule has 0 fully saturated rings. The van der Waals surface area contributed by atoms with E-state index in [1.807, 2.05) is 58.0 Å². The van der Waals surface area contributed by atoms with Gasteiger partial charge in [0.25, 0.3) is 5.91 Å². The van der Waals surface area contributed by atoms with E-state index in [0.29, 0.717) is 11.4 Å². The number of anilines is 2. The van der Waals surface area contributed by atoms with Crippen LogP contribution < -0.4 is 15.0 Å². The van der Waals surface area contributed by atoms with Crippen molar-refractivity contribution < 1.29 is 14.3 Å². The number of carbonyl (C=O) groups is 2. The van der Waals surface area contributed by atoms with E-state index >= 15 is 0 Å². The maximum atomic E-state index is 13.0. The second kappa shape index (κ2) is 7.06. The highest BCUT2D eigenvalue weighted by Gasteiger charge is 2.37. The van der Waals surface area contributed by atoms with Crippen LogP contribution in [0.25, 0.3) is 0 Å². The number of aryl methyl sites for hydroxylation is 4. The molecule has 0 bridgehead atoms. The van der Waals surface area contributed by atoms with Gasteiger partial charge in [-0.1, -0.05) is 23.8 Å². The van der Waals surface area contributed by atoms with Gasteiger partial charge in [0.2, 0.25) is 5.91 Å². The van der Waals surface area contributed by atoms with Gasteiger partial charge in [-0.05, 0) is 70.4 Å². The highest BCUT2D eigenvalue weighted by Crippen LogP contribution is 2.36. The van der Waals surface area contributed by atoms with Gasteiger partial charge >= 0.3 is 0 Å². The second-order valence-corrected chi connectivity index (χ2v) is 7.38. The molecule has 0 spiro atoms. The molecule has 5 heteroatoms. The molecule has 2 aromatic carbocycles. The lowest BCUT2D eigenvalue weighted by molar-refractivity contribution is -0.128. The highest BCUT2D eigenvalue weighted by atomic mass is 16.5. The topological polar surface area (TPSA) is 58.6 Å². The minimum Gasteiger partial charge on any atom is -0.479 e. The summed E-state index contributed by atoms with van der Waals surface area (Å²) in [4.78, 5) is 27.3. The number of benzene rings is 2. The van der Waals surface area contributed by atoms with E-state index in [1.165, 1.54) is 0 Å². The van der Waals surface area contributed by atoms with Gasteiger partial charge in [0.05, 0.1) is 5.69 Å². The molecule has 0 saturated carbocycles. The van der Waals surface area contributed by atoms with Crippen molar-refractivity contribution in [3.63, 3.8) is 0 Å². The first-order valence-corrected chi connectivity index (χ1v) is 9.18. The van der Waals surface area contributed by atoms with Crippen LogP contribution in [0, 0.1) is 27.7 Å². The predicted molar refractivity (Wildman–Crippen MR) is 107 cm³/mol.